The third-order valence-electron chi connectivity index (χ3n) is 0.863. The molecule has 1 unspecified atom stereocenters. The van der Waals surface area contributed by atoms with Gasteiger partial charge in [-0.3, -0.25) is 4.21 Å². The van der Waals surface area contributed by atoms with Gasteiger partial charge in [-0.25, -0.2) is 0 Å². The molecule has 0 aliphatic heterocycles. The van der Waals surface area contributed by atoms with Gasteiger partial charge in [0.05, 0.1) is 0 Å². The molecule has 0 radical (unpaired) electrons. The highest BCUT2D eigenvalue weighted by atomic mass is 32.2. The highest BCUT2D eigenvalue weighted by molar-refractivity contribution is 7.85. The van der Waals surface area contributed by atoms with Gasteiger partial charge in [-0.15, -0.1) is 0 Å². The number of hydrogen-bond acceptors (Lipinski definition) is 2. The highest BCUT2D eigenvalue weighted by Crippen LogP contribution is 1.81. The molecule has 9 heavy (non-hydrogen) atoms. The monoisotopic (exact) mass is 147 g/mol. The van der Waals surface area contributed by atoms with E-state index < -0.39 is 10.8 Å². The standard InChI is InChI=1S/C6H13NOS/c1-2-3-5-9(8)6-4-7/h2-3H,4-7H2,1H3/b3-2+. The van der Waals surface area contributed by atoms with Crippen molar-refractivity contribution in [2.75, 3.05) is 18.1 Å². The summed E-state index contributed by atoms with van der Waals surface area (Å²) in [6, 6.07) is 0. The summed E-state index contributed by atoms with van der Waals surface area (Å²) in [6.07, 6.45) is 3.79. The summed E-state index contributed by atoms with van der Waals surface area (Å²) in [4.78, 5) is 0. The van der Waals surface area contributed by atoms with Gasteiger partial charge in [0.2, 0.25) is 0 Å². The van der Waals surface area contributed by atoms with E-state index in [-0.39, 0.29) is 0 Å². The molecule has 3 heteroatoms. The van der Waals surface area contributed by atoms with Crippen LogP contribution in [0.3, 0.4) is 0 Å². The van der Waals surface area contributed by atoms with Crippen LogP contribution in [0.15, 0.2) is 12.2 Å². The van der Waals surface area contributed by atoms with E-state index in [0.717, 1.165) is 0 Å². The normalized spacial score (nSPS) is 14.4. The van der Waals surface area contributed by atoms with Crippen molar-refractivity contribution in [3.63, 3.8) is 0 Å². The van der Waals surface area contributed by atoms with Crippen LogP contribution in [0.4, 0.5) is 0 Å². The Morgan fingerprint density at radius 2 is 2.33 bits per heavy atom. The van der Waals surface area contributed by atoms with Crippen LogP contribution in [-0.2, 0) is 10.8 Å². The lowest BCUT2D eigenvalue weighted by Gasteiger charge is -1.91. The second kappa shape index (κ2) is 5.98. The van der Waals surface area contributed by atoms with Gasteiger partial charge in [-0.05, 0) is 6.92 Å². The molecule has 0 aromatic carbocycles. The van der Waals surface area contributed by atoms with Crippen molar-refractivity contribution >= 4 is 10.8 Å². The van der Waals surface area contributed by atoms with E-state index in [1.54, 1.807) is 0 Å². The molecule has 0 fully saturated rings. The summed E-state index contributed by atoms with van der Waals surface area (Å²) < 4.78 is 10.8. The fourth-order valence-corrected chi connectivity index (χ4v) is 1.25. The van der Waals surface area contributed by atoms with Gasteiger partial charge >= 0.3 is 0 Å². The number of allylic oxidation sites excluding steroid dienone is 1. The summed E-state index contributed by atoms with van der Waals surface area (Å²) in [5, 5.41) is 0. The first-order valence-corrected chi connectivity index (χ1v) is 4.46. The Labute approximate surface area is 58.6 Å². The van der Waals surface area contributed by atoms with Gasteiger partial charge in [0.25, 0.3) is 0 Å². The first-order chi connectivity index (χ1) is 4.31. The Morgan fingerprint density at radius 1 is 1.67 bits per heavy atom. The van der Waals surface area contributed by atoms with Crippen molar-refractivity contribution < 1.29 is 4.21 Å². The Balaban J connectivity index is 3.27. The lowest BCUT2D eigenvalue weighted by atomic mass is 10.6. The minimum Gasteiger partial charge on any atom is -0.330 e. The van der Waals surface area contributed by atoms with Crippen LogP contribution in [0.1, 0.15) is 6.92 Å². The lowest BCUT2D eigenvalue weighted by molar-refractivity contribution is 0.684. The van der Waals surface area contributed by atoms with E-state index >= 15 is 0 Å². The maximum atomic E-state index is 10.8. The van der Waals surface area contributed by atoms with Gasteiger partial charge in [-0.1, -0.05) is 12.2 Å². The predicted molar refractivity (Wildman–Crippen MR) is 41.7 cm³/mol. The van der Waals surface area contributed by atoms with Gasteiger partial charge in [-0.2, -0.15) is 0 Å². The average molecular weight is 147 g/mol. The third-order valence-corrected chi connectivity index (χ3v) is 2.12. The number of hydrogen-bond donors (Lipinski definition) is 1. The van der Waals surface area contributed by atoms with E-state index in [4.69, 9.17) is 5.73 Å². The van der Waals surface area contributed by atoms with Crippen LogP contribution >= 0.6 is 0 Å². The molecule has 0 amide bonds. The topological polar surface area (TPSA) is 43.1 Å². The fourth-order valence-electron chi connectivity index (χ4n) is 0.418. The van der Waals surface area contributed by atoms with Crippen LogP contribution < -0.4 is 5.73 Å². The molecule has 2 nitrogen and oxygen atoms in total. The summed E-state index contributed by atoms with van der Waals surface area (Å²) >= 11 is 0. The van der Waals surface area contributed by atoms with E-state index in [0.29, 0.717) is 18.1 Å². The number of nitrogens with two attached hydrogens (primary N) is 1. The molecule has 2 N–H and O–H groups in total. The van der Waals surface area contributed by atoms with E-state index in [9.17, 15) is 4.21 Å². The van der Waals surface area contributed by atoms with Crippen LogP contribution in [0.25, 0.3) is 0 Å². The van der Waals surface area contributed by atoms with Crippen LogP contribution in [-0.4, -0.2) is 22.3 Å². The SMILES string of the molecule is C/C=C/CS(=O)CCN. The van der Waals surface area contributed by atoms with Crippen LogP contribution in [0, 0.1) is 0 Å². The molecule has 0 aliphatic rings. The summed E-state index contributed by atoms with van der Waals surface area (Å²) in [6.45, 7) is 2.43. The van der Waals surface area contributed by atoms with Crippen LogP contribution in [0.2, 0.25) is 0 Å². The Kier molecular flexibility index (Phi) is 5.88. The van der Waals surface area contributed by atoms with Gasteiger partial charge in [0, 0.05) is 28.9 Å². The number of rotatable bonds is 4. The van der Waals surface area contributed by atoms with E-state index in [1.807, 2.05) is 19.1 Å². The van der Waals surface area contributed by atoms with Gasteiger partial charge < -0.3 is 5.73 Å². The molecule has 0 aromatic heterocycles. The molecule has 0 aliphatic carbocycles. The van der Waals surface area contributed by atoms with Crippen molar-refractivity contribution in [2.45, 2.75) is 6.92 Å². The molecule has 0 rings (SSSR count). The molecule has 0 heterocycles. The molecule has 54 valence electrons. The fraction of sp³-hybridized carbons (Fsp3) is 0.667. The zero-order chi connectivity index (χ0) is 7.11. The van der Waals surface area contributed by atoms with Crippen molar-refractivity contribution in [1.29, 1.82) is 0 Å². The highest BCUT2D eigenvalue weighted by Gasteiger charge is 1.91. The Hall–Kier alpha value is -0.150. The first-order valence-electron chi connectivity index (χ1n) is 2.97. The molecule has 0 spiro atoms. The van der Waals surface area contributed by atoms with Crippen molar-refractivity contribution in [3.8, 4) is 0 Å². The molecular formula is C6H13NOS. The molecule has 0 bridgehead atoms. The van der Waals surface area contributed by atoms with Crippen molar-refractivity contribution in [2.24, 2.45) is 5.73 Å². The zero-order valence-corrected chi connectivity index (χ0v) is 6.49. The Bertz CT molecular complexity index is 112. The molecule has 0 saturated carbocycles. The van der Waals surface area contributed by atoms with Gasteiger partial charge in [0.15, 0.2) is 0 Å². The quantitative estimate of drug-likeness (QED) is 0.580. The second-order valence-corrected chi connectivity index (χ2v) is 3.29. The summed E-state index contributed by atoms with van der Waals surface area (Å²) in [5.74, 6) is 1.26. The van der Waals surface area contributed by atoms with Crippen molar-refractivity contribution in [1.82, 2.24) is 0 Å². The van der Waals surface area contributed by atoms with Gasteiger partial charge in [0.1, 0.15) is 0 Å². The molecular weight excluding hydrogens is 134 g/mol. The molecule has 0 aromatic rings. The second-order valence-electron chi connectivity index (χ2n) is 1.67. The minimum absolute atomic E-state index is 0.518. The predicted octanol–water partition coefficient (Wildman–Crippen LogP) is 0.270. The van der Waals surface area contributed by atoms with E-state index in [2.05, 4.69) is 0 Å². The molecule has 0 saturated heterocycles. The minimum atomic E-state index is -0.732. The van der Waals surface area contributed by atoms with E-state index in [1.165, 1.54) is 0 Å². The lowest BCUT2D eigenvalue weighted by Crippen LogP contribution is -2.11. The first kappa shape index (κ1) is 8.85. The Morgan fingerprint density at radius 3 is 2.78 bits per heavy atom. The maximum Gasteiger partial charge on any atom is 0.0415 e. The third kappa shape index (κ3) is 5.73. The average Bonchev–Trinajstić information content (AvgIpc) is 1.85. The van der Waals surface area contributed by atoms with Crippen LogP contribution in [0.5, 0.6) is 0 Å². The summed E-state index contributed by atoms with van der Waals surface area (Å²) in [5.41, 5.74) is 5.18. The van der Waals surface area contributed by atoms with Crippen molar-refractivity contribution in [3.05, 3.63) is 12.2 Å². The zero-order valence-electron chi connectivity index (χ0n) is 5.67. The molecule has 1 atom stereocenters. The summed E-state index contributed by atoms with van der Waals surface area (Å²) in [7, 11) is -0.732. The largest absolute Gasteiger partial charge is 0.330 e. The maximum absolute atomic E-state index is 10.8. The smallest absolute Gasteiger partial charge is 0.0415 e.